The van der Waals surface area contributed by atoms with E-state index >= 15 is 0 Å². The molecule has 164 valence electrons. The fourth-order valence-corrected chi connectivity index (χ4v) is 3.74. The van der Waals surface area contributed by atoms with E-state index < -0.39 is 5.91 Å². The lowest BCUT2D eigenvalue weighted by Crippen LogP contribution is -2.12. The van der Waals surface area contributed by atoms with Crippen LogP contribution in [0.1, 0.15) is 27.4 Å². The largest absolute Gasteiger partial charge is 0.485 e. The van der Waals surface area contributed by atoms with Crippen LogP contribution in [-0.4, -0.2) is 15.7 Å². The summed E-state index contributed by atoms with van der Waals surface area (Å²) in [5, 5.41) is 8.28. The lowest BCUT2D eigenvalue weighted by molar-refractivity contribution is 0.0992. The molecule has 6 nitrogen and oxygen atoms in total. The quantitative estimate of drug-likeness (QED) is 0.316. The summed E-state index contributed by atoms with van der Waals surface area (Å²) in [7, 11) is 0. The second-order valence-corrected chi connectivity index (χ2v) is 8.22. The highest BCUT2D eigenvalue weighted by Crippen LogP contribution is 2.27. The summed E-state index contributed by atoms with van der Waals surface area (Å²) in [6, 6.07) is 16.2. The number of para-hydroxylation sites is 1. The number of halogens is 3. The molecule has 0 unspecified atom stereocenters. The Kier molecular flexibility index (Phi) is 6.74. The molecule has 2 aromatic heterocycles. The number of hydrogen-bond acceptors (Lipinski definition) is 4. The van der Waals surface area contributed by atoms with E-state index in [0.29, 0.717) is 27.9 Å². The molecule has 9 heteroatoms. The number of aryl methyl sites for hydroxylation is 1. The van der Waals surface area contributed by atoms with Gasteiger partial charge in [0.15, 0.2) is 11.6 Å². The lowest BCUT2D eigenvalue weighted by atomic mass is 10.2. The van der Waals surface area contributed by atoms with Gasteiger partial charge in [-0.15, -0.1) is 0 Å². The number of rotatable bonds is 7. The Bertz CT molecular complexity index is 1250. The number of benzene rings is 2. The van der Waals surface area contributed by atoms with Gasteiger partial charge in [0.1, 0.15) is 23.1 Å². The standard InChI is InChI=1S/C23H18Cl3N3O3/c1-14-5-2-3-8-20(14)31-13-15-9-10-21(32-15)23(30)27-22-19(26)12-29(28-22)11-16-17(24)6-4-7-18(16)25/h2-10,12H,11,13H2,1H3,(H,27,28,30). The van der Waals surface area contributed by atoms with E-state index in [0.717, 1.165) is 11.3 Å². The summed E-state index contributed by atoms with van der Waals surface area (Å²) >= 11 is 18.7. The van der Waals surface area contributed by atoms with Crippen LogP contribution in [0.3, 0.4) is 0 Å². The Morgan fingerprint density at radius 2 is 1.78 bits per heavy atom. The van der Waals surface area contributed by atoms with E-state index in [-0.39, 0.29) is 23.2 Å². The summed E-state index contributed by atoms with van der Waals surface area (Å²) in [5.41, 5.74) is 1.72. The molecule has 2 aromatic carbocycles. The molecular formula is C23H18Cl3N3O3. The number of nitrogens with zero attached hydrogens (tertiary/aromatic N) is 2. The van der Waals surface area contributed by atoms with Crippen LogP contribution in [0, 0.1) is 6.92 Å². The van der Waals surface area contributed by atoms with E-state index in [2.05, 4.69) is 10.4 Å². The number of aromatic nitrogens is 2. The molecule has 0 atom stereocenters. The van der Waals surface area contributed by atoms with Gasteiger partial charge in [-0.1, -0.05) is 59.1 Å². The molecule has 0 saturated heterocycles. The summed E-state index contributed by atoms with van der Waals surface area (Å²) < 4.78 is 12.9. The topological polar surface area (TPSA) is 69.3 Å². The fourth-order valence-electron chi connectivity index (χ4n) is 3.02. The van der Waals surface area contributed by atoms with Crippen LogP contribution in [-0.2, 0) is 13.2 Å². The number of anilines is 1. The van der Waals surface area contributed by atoms with Gasteiger partial charge < -0.3 is 14.5 Å². The Balaban J connectivity index is 1.41. The summed E-state index contributed by atoms with van der Waals surface area (Å²) in [6.45, 7) is 2.46. The lowest BCUT2D eigenvalue weighted by Gasteiger charge is -2.07. The molecule has 4 rings (SSSR count). The maximum Gasteiger partial charge on any atom is 0.292 e. The normalized spacial score (nSPS) is 10.9. The van der Waals surface area contributed by atoms with Crippen molar-refractivity contribution in [1.82, 2.24) is 9.78 Å². The molecule has 2 heterocycles. The SMILES string of the molecule is Cc1ccccc1OCc1ccc(C(=O)Nc2nn(Cc3c(Cl)cccc3Cl)cc2Cl)o1. The van der Waals surface area contributed by atoms with Crippen molar-refractivity contribution in [3.05, 3.63) is 98.5 Å². The van der Waals surface area contributed by atoms with Crippen molar-refractivity contribution in [1.29, 1.82) is 0 Å². The molecule has 0 aliphatic rings. The highest BCUT2D eigenvalue weighted by Gasteiger charge is 2.17. The first-order valence-electron chi connectivity index (χ1n) is 9.65. The summed E-state index contributed by atoms with van der Waals surface area (Å²) in [4.78, 5) is 12.6. The zero-order valence-electron chi connectivity index (χ0n) is 16.9. The van der Waals surface area contributed by atoms with Gasteiger partial charge in [0, 0.05) is 21.8 Å². The van der Waals surface area contributed by atoms with Gasteiger partial charge in [0.2, 0.25) is 0 Å². The second-order valence-electron chi connectivity index (χ2n) is 7.00. The third-order valence-electron chi connectivity index (χ3n) is 4.68. The number of nitrogens with one attached hydrogen (secondary N) is 1. The third kappa shape index (κ3) is 5.10. The molecule has 4 aromatic rings. The highest BCUT2D eigenvalue weighted by molar-refractivity contribution is 6.36. The first-order valence-corrected chi connectivity index (χ1v) is 10.8. The van der Waals surface area contributed by atoms with Crippen LogP contribution in [0.5, 0.6) is 5.75 Å². The zero-order valence-corrected chi connectivity index (χ0v) is 19.2. The molecule has 0 fully saturated rings. The highest BCUT2D eigenvalue weighted by atomic mass is 35.5. The third-order valence-corrected chi connectivity index (χ3v) is 5.66. The molecule has 1 amide bonds. The molecule has 0 radical (unpaired) electrons. The van der Waals surface area contributed by atoms with Crippen molar-refractivity contribution in [2.24, 2.45) is 0 Å². The van der Waals surface area contributed by atoms with Crippen LogP contribution < -0.4 is 10.1 Å². The van der Waals surface area contributed by atoms with E-state index in [4.69, 9.17) is 44.0 Å². The van der Waals surface area contributed by atoms with Crippen LogP contribution in [0.15, 0.2) is 65.2 Å². The van der Waals surface area contributed by atoms with Gasteiger partial charge in [-0.05, 0) is 42.8 Å². The fraction of sp³-hybridized carbons (Fsp3) is 0.130. The second kappa shape index (κ2) is 9.69. The minimum Gasteiger partial charge on any atom is -0.485 e. The number of ether oxygens (including phenoxy) is 1. The van der Waals surface area contributed by atoms with Gasteiger partial charge >= 0.3 is 0 Å². The number of furan rings is 1. The smallest absolute Gasteiger partial charge is 0.292 e. The maximum absolute atomic E-state index is 12.6. The van der Waals surface area contributed by atoms with Crippen molar-refractivity contribution in [2.45, 2.75) is 20.1 Å². The summed E-state index contributed by atoms with van der Waals surface area (Å²) in [6.07, 6.45) is 1.58. The Labute approximate surface area is 199 Å². The molecule has 0 aliphatic carbocycles. The van der Waals surface area contributed by atoms with E-state index in [1.807, 2.05) is 31.2 Å². The monoisotopic (exact) mass is 489 g/mol. The van der Waals surface area contributed by atoms with Crippen molar-refractivity contribution < 1.29 is 13.9 Å². The van der Waals surface area contributed by atoms with Crippen LogP contribution in [0.25, 0.3) is 0 Å². The first-order chi connectivity index (χ1) is 15.4. The van der Waals surface area contributed by atoms with Crippen LogP contribution in [0.4, 0.5) is 5.82 Å². The van der Waals surface area contributed by atoms with Crippen LogP contribution >= 0.6 is 34.8 Å². The average molecular weight is 491 g/mol. The Morgan fingerprint density at radius 3 is 2.53 bits per heavy atom. The molecule has 0 aliphatic heterocycles. The van der Waals surface area contributed by atoms with E-state index in [1.165, 1.54) is 0 Å². The van der Waals surface area contributed by atoms with Crippen molar-refractivity contribution in [3.8, 4) is 5.75 Å². The molecule has 32 heavy (non-hydrogen) atoms. The molecular weight excluding hydrogens is 473 g/mol. The molecule has 0 saturated carbocycles. The van der Waals surface area contributed by atoms with E-state index in [9.17, 15) is 4.79 Å². The van der Waals surface area contributed by atoms with Gasteiger partial charge in [-0.25, -0.2) is 0 Å². The summed E-state index contributed by atoms with van der Waals surface area (Å²) in [5.74, 6) is 1.12. The molecule has 0 bridgehead atoms. The van der Waals surface area contributed by atoms with Crippen LogP contribution in [0.2, 0.25) is 15.1 Å². The van der Waals surface area contributed by atoms with Gasteiger partial charge in [-0.3, -0.25) is 9.48 Å². The molecule has 0 spiro atoms. The predicted octanol–water partition coefficient (Wildman–Crippen LogP) is 6.62. The molecule has 1 N–H and O–H groups in total. The van der Waals surface area contributed by atoms with Crippen molar-refractivity contribution in [3.63, 3.8) is 0 Å². The van der Waals surface area contributed by atoms with Gasteiger partial charge in [0.05, 0.1) is 6.54 Å². The Hall–Kier alpha value is -2.93. The minimum atomic E-state index is -0.477. The number of amides is 1. The first kappa shape index (κ1) is 22.3. The number of carbonyl (C=O) groups is 1. The number of carbonyl (C=O) groups excluding carboxylic acids is 1. The Morgan fingerprint density at radius 1 is 1.03 bits per heavy atom. The van der Waals surface area contributed by atoms with Crippen molar-refractivity contribution in [2.75, 3.05) is 5.32 Å². The number of hydrogen-bond donors (Lipinski definition) is 1. The van der Waals surface area contributed by atoms with Crippen molar-refractivity contribution >= 4 is 46.5 Å². The van der Waals surface area contributed by atoms with Gasteiger partial charge in [0.25, 0.3) is 5.91 Å². The maximum atomic E-state index is 12.6. The zero-order chi connectivity index (χ0) is 22.7. The average Bonchev–Trinajstić information content (AvgIpc) is 3.37. The predicted molar refractivity (Wildman–Crippen MR) is 125 cm³/mol. The van der Waals surface area contributed by atoms with Gasteiger partial charge in [-0.2, -0.15) is 5.10 Å². The van der Waals surface area contributed by atoms with E-state index in [1.54, 1.807) is 41.2 Å². The minimum absolute atomic E-state index is 0.119.